The molecule has 0 fully saturated rings. The second-order valence-electron chi connectivity index (χ2n) is 7.49. The van der Waals surface area contributed by atoms with Crippen LogP contribution in [0.4, 0.5) is 0 Å². The summed E-state index contributed by atoms with van der Waals surface area (Å²) >= 11 is 0. The number of unbranched alkanes of at least 4 members (excludes halogenated alkanes) is 2. The highest BCUT2D eigenvalue weighted by molar-refractivity contribution is 5.77. The molecule has 1 unspecified atom stereocenters. The van der Waals surface area contributed by atoms with Gasteiger partial charge in [0.05, 0.1) is 25.2 Å². The van der Waals surface area contributed by atoms with E-state index in [2.05, 4.69) is 12.4 Å². The van der Waals surface area contributed by atoms with Crippen molar-refractivity contribution in [3.63, 3.8) is 0 Å². The third-order valence-electron chi connectivity index (χ3n) is 4.83. The monoisotopic (exact) mass is 425 g/mol. The number of carboxylic acid groups (broad SMARTS) is 1. The number of nitrogens with one attached hydrogen (secondary N) is 1. The van der Waals surface area contributed by atoms with Crippen LogP contribution in [0.5, 0.6) is 0 Å². The third-order valence-corrected chi connectivity index (χ3v) is 4.83. The first kappa shape index (κ1) is 28.0. The molecule has 30 heavy (non-hydrogen) atoms. The highest BCUT2D eigenvalue weighted by Crippen LogP contribution is 2.10. The number of hydroxylamine groups is 1. The third kappa shape index (κ3) is 14.1. The maximum Gasteiger partial charge on any atom is 0.308 e. The summed E-state index contributed by atoms with van der Waals surface area (Å²) in [5, 5.41) is 26.6. The lowest BCUT2D eigenvalue weighted by Gasteiger charge is -2.13. The molecule has 0 spiro atoms. The van der Waals surface area contributed by atoms with Gasteiger partial charge in [-0.15, -0.1) is 0 Å². The van der Waals surface area contributed by atoms with E-state index in [9.17, 15) is 14.7 Å². The molecule has 0 radical (unpaired) electrons. The summed E-state index contributed by atoms with van der Waals surface area (Å²) in [6, 6.07) is 9.66. The van der Waals surface area contributed by atoms with Gasteiger partial charge in [-0.05, 0) is 31.2 Å². The predicted molar refractivity (Wildman–Crippen MR) is 116 cm³/mol. The number of rotatable bonds is 14. The summed E-state index contributed by atoms with van der Waals surface area (Å²) in [5.41, 5.74) is 3.46. The van der Waals surface area contributed by atoms with Crippen LogP contribution < -0.4 is 5.48 Å². The molecular formula is C23H39NO6. The maximum atomic E-state index is 11.7. The number of amides is 1. The van der Waals surface area contributed by atoms with Gasteiger partial charge in [-0.2, -0.15) is 0 Å². The molecule has 0 aliphatic heterocycles. The fraction of sp³-hybridized carbons (Fsp3) is 0.652. The van der Waals surface area contributed by atoms with E-state index < -0.39 is 11.9 Å². The van der Waals surface area contributed by atoms with Crippen LogP contribution in [0, 0.1) is 11.8 Å². The second kappa shape index (κ2) is 17.9. The van der Waals surface area contributed by atoms with E-state index in [1.54, 1.807) is 0 Å². The van der Waals surface area contributed by atoms with E-state index in [4.69, 9.17) is 15.1 Å². The van der Waals surface area contributed by atoms with Crippen LogP contribution in [-0.2, 0) is 21.0 Å². The highest BCUT2D eigenvalue weighted by Gasteiger charge is 2.15. The average Bonchev–Trinajstić information content (AvgIpc) is 2.75. The molecular weight excluding hydrogens is 386 g/mol. The summed E-state index contributed by atoms with van der Waals surface area (Å²) in [6.07, 6.45) is 5.33. The van der Waals surface area contributed by atoms with Crippen molar-refractivity contribution >= 4 is 11.9 Å². The van der Waals surface area contributed by atoms with Crippen molar-refractivity contribution in [1.29, 1.82) is 0 Å². The van der Waals surface area contributed by atoms with Crippen molar-refractivity contribution in [2.24, 2.45) is 11.8 Å². The topological polar surface area (TPSA) is 116 Å². The Morgan fingerprint density at radius 3 is 2.27 bits per heavy atom. The summed E-state index contributed by atoms with van der Waals surface area (Å²) < 4.78 is 0. The van der Waals surface area contributed by atoms with Crippen LogP contribution in [0.2, 0.25) is 0 Å². The first-order valence-corrected chi connectivity index (χ1v) is 10.8. The first-order chi connectivity index (χ1) is 14.3. The van der Waals surface area contributed by atoms with Gasteiger partial charge >= 0.3 is 5.97 Å². The fourth-order valence-electron chi connectivity index (χ4n) is 2.58. The van der Waals surface area contributed by atoms with Gasteiger partial charge in [-0.1, -0.05) is 70.4 Å². The number of carbonyl (C=O) groups excluding carboxylic acids is 1. The quantitative estimate of drug-likeness (QED) is 0.267. The summed E-state index contributed by atoms with van der Waals surface area (Å²) in [7, 11) is 0. The van der Waals surface area contributed by atoms with Crippen molar-refractivity contribution in [2.45, 2.75) is 78.4 Å². The normalized spacial score (nSPS) is 13.5. The Hall–Kier alpha value is -1.96. The molecule has 3 atom stereocenters. The zero-order valence-electron chi connectivity index (χ0n) is 18.5. The number of aliphatic hydroxyl groups is 2. The Morgan fingerprint density at radius 1 is 1.07 bits per heavy atom. The Bertz CT molecular complexity index is 566. The van der Waals surface area contributed by atoms with Crippen LogP contribution in [0.15, 0.2) is 30.3 Å². The number of carbonyl (C=O) groups is 2. The van der Waals surface area contributed by atoms with E-state index in [0.29, 0.717) is 25.9 Å². The molecule has 4 N–H and O–H groups in total. The van der Waals surface area contributed by atoms with E-state index in [1.165, 1.54) is 0 Å². The summed E-state index contributed by atoms with van der Waals surface area (Å²) in [6.45, 7) is 5.95. The molecule has 0 saturated heterocycles. The molecule has 0 aliphatic carbocycles. The van der Waals surface area contributed by atoms with Crippen molar-refractivity contribution in [1.82, 2.24) is 5.48 Å². The second-order valence-corrected chi connectivity index (χ2v) is 7.49. The molecule has 0 heterocycles. The average molecular weight is 426 g/mol. The summed E-state index contributed by atoms with van der Waals surface area (Å²) in [4.78, 5) is 27.3. The lowest BCUT2D eigenvalue weighted by molar-refractivity contribution is -0.143. The molecule has 0 aliphatic rings. The Kier molecular flexibility index (Phi) is 16.7. The maximum absolute atomic E-state index is 11.7. The van der Waals surface area contributed by atoms with Gasteiger partial charge in [0.15, 0.2) is 0 Å². The zero-order valence-corrected chi connectivity index (χ0v) is 18.5. The number of aliphatic hydroxyl groups excluding tert-OH is 2. The molecule has 0 bridgehead atoms. The number of hydrogen-bond donors (Lipinski definition) is 4. The van der Waals surface area contributed by atoms with Crippen LogP contribution in [0.1, 0.15) is 71.3 Å². The SMILES string of the molecule is CCC(O)CC[C@@H](C)C(=O)NOCc1ccccc1.CCCCC[C@H](CO)C(=O)O. The Balaban J connectivity index is 0.000000654. The molecule has 1 rings (SSSR count). The van der Waals surface area contributed by atoms with Crippen molar-refractivity contribution in [3.05, 3.63) is 35.9 Å². The fourth-order valence-corrected chi connectivity index (χ4v) is 2.58. The standard InChI is InChI=1S/C15H23NO3.C8H16O3/c1-3-14(17)10-9-12(2)15(18)16-19-11-13-7-5-4-6-8-13;1-2-3-4-5-7(6-9)8(10)11/h4-8,12,14,17H,3,9-11H2,1-2H3,(H,16,18);7,9H,2-6H2,1H3,(H,10,11)/t12-,14?;7-/m11/s1. The van der Waals surface area contributed by atoms with Crippen molar-refractivity contribution < 1.29 is 29.7 Å². The minimum atomic E-state index is -0.886. The van der Waals surface area contributed by atoms with Gasteiger partial charge in [-0.3, -0.25) is 14.4 Å². The van der Waals surface area contributed by atoms with Crippen molar-refractivity contribution in [3.8, 4) is 0 Å². The Morgan fingerprint density at radius 2 is 1.73 bits per heavy atom. The highest BCUT2D eigenvalue weighted by atomic mass is 16.6. The van der Waals surface area contributed by atoms with E-state index >= 15 is 0 Å². The minimum absolute atomic E-state index is 0.140. The molecule has 1 aromatic carbocycles. The predicted octanol–water partition coefficient (Wildman–Crippen LogP) is 3.68. The molecule has 1 amide bonds. The number of aliphatic carboxylic acids is 1. The van der Waals surface area contributed by atoms with Gasteiger partial charge in [0.2, 0.25) is 5.91 Å². The van der Waals surface area contributed by atoms with Gasteiger partial charge in [0, 0.05) is 5.92 Å². The number of benzene rings is 1. The molecule has 172 valence electrons. The van der Waals surface area contributed by atoms with Gasteiger partial charge in [0.1, 0.15) is 0 Å². The lowest BCUT2D eigenvalue weighted by atomic mass is 10.0. The number of carboxylic acids is 1. The number of hydrogen-bond acceptors (Lipinski definition) is 5. The minimum Gasteiger partial charge on any atom is -0.481 e. The van der Waals surface area contributed by atoms with Crippen LogP contribution in [0.3, 0.4) is 0 Å². The lowest BCUT2D eigenvalue weighted by Crippen LogP contribution is -2.29. The van der Waals surface area contributed by atoms with Crippen molar-refractivity contribution in [2.75, 3.05) is 6.61 Å². The molecule has 1 aromatic rings. The van der Waals surface area contributed by atoms with Crippen LogP contribution in [0.25, 0.3) is 0 Å². The Labute approximate surface area is 180 Å². The molecule has 7 nitrogen and oxygen atoms in total. The van der Waals surface area contributed by atoms with E-state index in [-0.39, 0.29) is 24.5 Å². The van der Waals surface area contributed by atoms with E-state index in [0.717, 1.165) is 31.2 Å². The van der Waals surface area contributed by atoms with Gasteiger partial charge in [-0.25, -0.2) is 5.48 Å². The van der Waals surface area contributed by atoms with Gasteiger partial charge < -0.3 is 15.3 Å². The molecule has 0 saturated carbocycles. The van der Waals surface area contributed by atoms with Gasteiger partial charge in [0.25, 0.3) is 0 Å². The molecule has 7 heteroatoms. The van der Waals surface area contributed by atoms with Crippen LogP contribution >= 0.6 is 0 Å². The van der Waals surface area contributed by atoms with Crippen LogP contribution in [-0.4, -0.2) is 39.9 Å². The largest absolute Gasteiger partial charge is 0.481 e. The molecule has 0 aromatic heterocycles. The summed E-state index contributed by atoms with van der Waals surface area (Å²) in [5.74, 6) is -1.73. The smallest absolute Gasteiger partial charge is 0.308 e. The first-order valence-electron chi connectivity index (χ1n) is 10.8. The zero-order chi connectivity index (χ0) is 22.8. The van der Waals surface area contributed by atoms with E-state index in [1.807, 2.05) is 44.2 Å².